The summed E-state index contributed by atoms with van der Waals surface area (Å²) in [4.78, 5) is 12.5. The second kappa shape index (κ2) is 7.61. The fourth-order valence-electron chi connectivity index (χ4n) is 5.97. The van der Waals surface area contributed by atoms with E-state index in [2.05, 4.69) is 37.3 Å². The second-order valence-corrected chi connectivity index (χ2v) is 9.22. The van der Waals surface area contributed by atoms with Gasteiger partial charge < -0.3 is 9.47 Å². The largest absolute Gasteiger partial charge is 0.490 e. The van der Waals surface area contributed by atoms with E-state index >= 15 is 0 Å². The van der Waals surface area contributed by atoms with Gasteiger partial charge in [-0.1, -0.05) is 43.3 Å². The van der Waals surface area contributed by atoms with Gasteiger partial charge in [0.1, 0.15) is 6.61 Å². The van der Waals surface area contributed by atoms with Crippen LogP contribution in [0, 0.1) is 17.3 Å². The molecule has 5 rings (SSSR count). The molecule has 3 nitrogen and oxygen atoms in total. The van der Waals surface area contributed by atoms with Gasteiger partial charge in [-0.15, -0.1) is 0 Å². The molecule has 3 aliphatic carbocycles. The Morgan fingerprint density at radius 3 is 2.67 bits per heavy atom. The average Bonchev–Trinajstić information content (AvgIpc) is 3.07. The Hall–Kier alpha value is -2.55. The molecule has 0 radical (unpaired) electrons. The minimum Gasteiger partial charge on any atom is -0.490 e. The summed E-state index contributed by atoms with van der Waals surface area (Å²) in [6, 6.07) is 14.7. The van der Waals surface area contributed by atoms with Gasteiger partial charge in [-0.2, -0.15) is 0 Å². The molecular weight excluding hydrogens is 372 g/mol. The van der Waals surface area contributed by atoms with Crippen molar-refractivity contribution < 1.29 is 14.3 Å². The van der Waals surface area contributed by atoms with Gasteiger partial charge >= 0.3 is 0 Å². The fourth-order valence-corrected chi connectivity index (χ4v) is 5.97. The van der Waals surface area contributed by atoms with Gasteiger partial charge in [0, 0.05) is 5.41 Å². The normalized spacial score (nSPS) is 29.1. The van der Waals surface area contributed by atoms with Gasteiger partial charge in [0.15, 0.2) is 17.3 Å². The third kappa shape index (κ3) is 3.15. The van der Waals surface area contributed by atoms with Crippen LogP contribution in [0.3, 0.4) is 0 Å². The van der Waals surface area contributed by atoms with Crippen LogP contribution in [0.1, 0.15) is 55.7 Å². The maximum absolute atomic E-state index is 12.5. The number of ketones is 1. The van der Waals surface area contributed by atoms with Gasteiger partial charge in [-0.05, 0) is 85.3 Å². The van der Waals surface area contributed by atoms with Crippen molar-refractivity contribution in [3.63, 3.8) is 0 Å². The van der Waals surface area contributed by atoms with Crippen LogP contribution in [-0.4, -0.2) is 12.4 Å². The maximum atomic E-state index is 12.5. The molecule has 0 heterocycles. The fraction of sp³-hybridized carbons (Fsp3) is 0.444. The number of fused-ring (bicyclic) bond motifs is 5. The van der Waals surface area contributed by atoms with E-state index in [1.54, 1.807) is 0 Å². The standard InChI is InChI=1S/C27H30O3/c1-3-29-25-16-22-19(15-24(25)30-17-18-7-5-4-6-8-18)9-10-21-20(22)13-14-27(2)23(21)11-12-26(27)28/h4-8,11-12,15-16,20-21,23H,3,9-10,13-14,17H2,1-2H3/t20-,21+,23-,27-/m0/s1. The van der Waals surface area contributed by atoms with Gasteiger partial charge in [0.25, 0.3) is 0 Å². The van der Waals surface area contributed by atoms with Crippen molar-refractivity contribution in [1.29, 1.82) is 0 Å². The van der Waals surface area contributed by atoms with E-state index in [9.17, 15) is 4.79 Å². The molecule has 30 heavy (non-hydrogen) atoms. The zero-order valence-electron chi connectivity index (χ0n) is 17.9. The molecule has 0 aliphatic heterocycles. The molecule has 3 aliphatic rings. The Morgan fingerprint density at radius 1 is 1.07 bits per heavy atom. The third-order valence-corrected chi connectivity index (χ3v) is 7.60. The smallest absolute Gasteiger partial charge is 0.161 e. The van der Waals surface area contributed by atoms with Crippen LogP contribution in [0.25, 0.3) is 0 Å². The molecule has 0 saturated heterocycles. The number of rotatable bonds is 5. The number of hydrogen-bond acceptors (Lipinski definition) is 3. The monoisotopic (exact) mass is 402 g/mol. The Bertz CT molecular complexity index is 977. The molecule has 0 N–H and O–H groups in total. The van der Waals surface area contributed by atoms with E-state index in [4.69, 9.17) is 9.47 Å². The average molecular weight is 403 g/mol. The number of allylic oxidation sites excluding steroid dienone is 2. The van der Waals surface area contributed by atoms with Crippen LogP contribution in [0.4, 0.5) is 0 Å². The molecule has 0 spiro atoms. The summed E-state index contributed by atoms with van der Waals surface area (Å²) >= 11 is 0. The molecule has 4 atom stereocenters. The summed E-state index contributed by atoms with van der Waals surface area (Å²) in [6.45, 7) is 5.35. The number of carbonyl (C=O) groups excluding carboxylic acids is 1. The first kappa shape index (κ1) is 19.4. The van der Waals surface area contributed by atoms with Crippen molar-refractivity contribution >= 4 is 5.78 Å². The van der Waals surface area contributed by atoms with Gasteiger partial charge in [-0.3, -0.25) is 4.79 Å². The molecule has 2 aromatic carbocycles. The first-order valence-corrected chi connectivity index (χ1v) is 11.3. The minimum atomic E-state index is -0.180. The van der Waals surface area contributed by atoms with E-state index in [-0.39, 0.29) is 5.41 Å². The van der Waals surface area contributed by atoms with Gasteiger partial charge in [0.05, 0.1) is 6.61 Å². The van der Waals surface area contributed by atoms with E-state index in [0.717, 1.165) is 42.7 Å². The summed E-state index contributed by atoms with van der Waals surface area (Å²) < 4.78 is 12.2. The number of aryl methyl sites for hydroxylation is 1. The summed E-state index contributed by atoms with van der Waals surface area (Å²) in [5, 5.41) is 0. The Labute approximate surface area is 179 Å². The van der Waals surface area contributed by atoms with Crippen molar-refractivity contribution in [3.05, 3.63) is 71.3 Å². The summed E-state index contributed by atoms with van der Waals surface area (Å²) in [5.74, 6) is 3.45. The van der Waals surface area contributed by atoms with Crippen LogP contribution in [0.5, 0.6) is 11.5 Å². The quantitative estimate of drug-likeness (QED) is 0.628. The predicted molar refractivity (Wildman–Crippen MR) is 118 cm³/mol. The zero-order chi connectivity index (χ0) is 20.7. The van der Waals surface area contributed by atoms with Crippen LogP contribution < -0.4 is 9.47 Å². The molecule has 0 unspecified atom stereocenters. The third-order valence-electron chi connectivity index (χ3n) is 7.60. The number of ether oxygens (including phenoxy) is 2. The van der Waals surface area contributed by atoms with Crippen molar-refractivity contribution in [1.82, 2.24) is 0 Å². The first-order chi connectivity index (χ1) is 14.6. The molecule has 0 bridgehead atoms. The molecule has 156 valence electrons. The maximum Gasteiger partial charge on any atom is 0.161 e. The van der Waals surface area contributed by atoms with Crippen LogP contribution in [0.15, 0.2) is 54.6 Å². The molecule has 3 heteroatoms. The number of carbonyl (C=O) groups is 1. The Balaban J connectivity index is 1.44. The van der Waals surface area contributed by atoms with Crippen LogP contribution in [-0.2, 0) is 17.8 Å². The van der Waals surface area contributed by atoms with E-state index in [0.29, 0.717) is 36.8 Å². The molecule has 2 aromatic rings. The van der Waals surface area contributed by atoms with Crippen LogP contribution >= 0.6 is 0 Å². The van der Waals surface area contributed by atoms with E-state index in [1.807, 2.05) is 31.2 Å². The zero-order valence-corrected chi connectivity index (χ0v) is 17.9. The lowest BCUT2D eigenvalue weighted by atomic mass is 9.55. The highest BCUT2D eigenvalue weighted by Crippen LogP contribution is 2.58. The van der Waals surface area contributed by atoms with Crippen molar-refractivity contribution in [2.24, 2.45) is 17.3 Å². The van der Waals surface area contributed by atoms with Crippen molar-refractivity contribution in [2.45, 2.75) is 52.1 Å². The lowest BCUT2D eigenvalue weighted by Gasteiger charge is -2.48. The van der Waals surface area contributed by atoms with Crippen molar-refractivity contribution in [3.8, 4) is 11.5 Å². The highest BCUT2D eigenvalue weighted by atomic mass is 16.5. The van der Waals surface area contributed by atoms with Gasteiger partial charge in [-0.25, -0.2) is 0 Å². The molecule has 0 aromatic heterocycles. The summed E-state index contributed by atoms with van der Waals surface area (Å²) in [5.41, 5.74) is 3.78. The molecule has 1 saturated carbocycles. The van der Waals surface area contributed by atoms with E-state index < -0.39 is 0 Å². The van der Waals surface area contributed by atoms with Gasteiger partial charge in [0.2, 0.25) is 0 Å². The van der Waals surface area contributed by atoms with Crippen molar-refractivity contribution in [2.75, 3.05) is 6.61 Å². The highest BCUT2D eigenvalue weighted by Gasteiger charge is 2.52. The molecule has 0 amide bonds. The van der Waals surface area contributed by atoms with Crippen LogP contribution in [0.2, 0.25) is 0 Å². The second-order valence-electron chi connectivity index (χ2n) is 9.22. The summed E-state index contributed by atoms with van der Waals surface area (Å²) in [7, 11) is 0. The Morgan fingerprint density at radius 2 is 1.87 bits per heavy atom. The van der Waals surface area contributed by atoms with E-state index in [1.165, 1.54) is 11.1 Å². The lowest BCUT2D eigenvalue weighted by Crippen LogP contribution is -2.42. The number of hydrogen-bond donors (Lipinski definition) is 0. The number of benzene rings is 2. The predicted octanol–water partition coefficient (Wildman–Crippen LogP) is 5.87. The molecule has 1 fully saturated rings. The molecular formula is C27H30O3. The first-order valence-electron chi connectivity index (χ1n) is 11.3. The SMILES string of the molecule is CCOc1cc2c(cc1OCc1ccccc1)CC[C@@H]1[C@@H]2CC[C@]2(C)C(=O)C=C[C@@H]12. The minimum absolute atomic E-state index is 0.180. The Kier molecular flexibility index (Phi) is 4.92. The lowest BCUT2D eigenvalue weighted by molar-refractivity contribution is -0.126. The summed E-state index contributed by atoms with van der Waals surface area (Å²) in [6.07, 6.45) is 8.27. The topological polar surface area (TPSA) is 35.5 Å². The highest BCUT2D eigenvalue weighted by molar-refractivity contribution is 5.97.